The highest BCUT2D eigenvalue weighted by Crippen LogP contribution is 2.42. The first-order valence-corrected chi connectivity index (χ1v) is 16.3. The number of nitrogens with two attached hydrogens (primary N) is 1. The van der Waals surface area contributed by atoms with Gasteiger partial charge in [0.05, 0.1) is 27.8 Å². The molecule has 9 rings (SSSR count). The maximum atomic E-state index is 6.70. The van der Waals surface area contributed by atoms with E-state index in [1.807, 2.05) is 54.6 Å². The Hall–Kier alpha value is -6.39. The van der Waals surface area contributed by atoms with Gasteiger partial charge in [0.1, 0.15) is 6.67 Å². The van der Waals surface area contributed by atoms with E-state index in [1.54, 1.807) is 0 Å². The van der Waals surface area contributed by atoms with E-state index >= 15 is 0 Å². The Kier molecular flexibility index (Phi) is 6.65. The molecule has 7 aromatic carbocycles. The lowest BCUT2D eigenvalue weighted by molar-refractivity contribution is 0.794. The van der Waals surface area contributed by atoms with Crippen LogP contribution in [-0.2, 0) is 6.67 Å². The van der Waals surface area contributed by atoms with Crippen LogP contribution in [0.2, 0.25) is 0 Å². The Morgan fingerprint density at radius 1 is 0.521 bits per heavy atom. The van der Waals surface area contributed by atoms with Crippen LogP contribution in [0.25, 0.3) is 65.8 Å². The van der Waals surface area contributed by atoms with E-state index in [0.29, 0.717) is 12.4 Å². The maximum Gasteiger partial charge on any atom is 0.115 e. The van der Waals surface area contributed by atoms with Gasteiger partial charge in [-0.25, -0.2) is 0 Å². The van der Waals surface area contributed by atoms with Gasteiger partial charge in [-0.3, -0.25) is 4.99 Å². The first-order valence-electron chi connectivity index (χ1n) is 16.3. The van der Waals surface area contributed by atoms with Gasteiger partial charge >= 0.3 is 0 Å². The van der Waals surface area contributed by atoms with Crippen LogP contribution in [0.3, 0.4) is 0 Å². The van der Waals surface area contributed by atoms with Crippen LogP contribution in [0, 0.1) is 0 Å². The van der Waals surface area contributed by atoms with Crippen molar-refractivity contribution in [2.24, 2.45) is 10.7 Å². The summed E-state index contributed by atoms with van der Waals surface area (Å²) in [7, 11) is 0. The standard InChI is InChI=1S/C44H32N4/c45-38(31-15-4-1-5-16-31)28-39(32-17-6-2-7-18-32)46-29-47-41-27-24-30-14-10-11-21-34(30)42(41)37-26-25-36-35-22-12-13-23-40(35)48(44(36)43(37)47)33-19-8-3-9-20-33/h1-28H,29,45H2/b38-28-,46-39+. The van der Waals surface area contributed by atoms with Gasteiger partial charge in [0.25, 0.3) is 0 Å². The van der Waals surface area contributed by atoms with Crippen LogP contribution in [0.1, 0.15) is 11.1 Å². The van der Waals surface area contributed by atoms with E-state index in [4.69, 9.17) is 10.7 Å². The van der Waals surface area contributed by atoms with E-state index in [0.717, 1.165) is 33.6 Å². The average Bonchev–Trinajstić information content (AvgIpc) is 3.67. The Labute approximate surface area is 278 Å². The second-order valence-corrected chi connectivity index (χ2v) is 12.2. The largest absolute Gasteiger partial charge is 0.398 e. The normalized spacial score (nSPS) is 12.6. The van der Waals surface area contributed by atoms with Gasteiger partial charge in [0.15, 0.2) is 0 Å². The van der Waals surface area contributed by atoms with E-state index in [2.05, 4.69) is 124 Å². The minimum atomic E-state index is 0.413. The third kappa shape index (κ3) is 4.50. The lowest BCUT2D eigenvalue weighted by atomic mass is 10.0. The molecule has 0 aliphatic heterocycles. The van der Waals surface area contributed by atoms with Gasteiger partial charge in [-0.15, -0.1) is 0 Å². The number of aliphatic imine (C=N–C) groups is 1. The monoisotopic (exact) mass is 616 g/mol. The summed E-state index contributed by atoms with van der Waals surface area (Å²) in [5, 5.41) is 7.36. The van der Waals surface area contributed by atoms with Gasteiger partial charge in [-0.05, 0) is 52.2 Å². The molecule has 4 nitrogen and oxygen atoms in total. The first-order chi connectivity index (χ1) is 23.8. The number of rotatable bonds is 6. The number of fused-ring (bicyclic) bond motifs is 9. The summed E-state index contributed by atoms with van der Waals surface area (Å²) < 4.78 is 4.81. The third-order valence-electron chi connectivity index (χ3n) is 9.41. The summed E-state index contributed by atoms with van der Waals surface area (Å²) in [5.74, 6) is 0. The summed E-state index contributed by atoms with van der Waals surface area (Å²) in [6.45, 7) is 0.413. The number of para-hydroxylation sites is 2. The zero-order valence-electron chi connectivity index (χ0n) is 26.3. The number of benzene rings is 7. The predicted octanol–water partition coefficient (Wildman–Crippen LogP) is 10.5. The van der Waals surface area contributed by atoms with Crippen LogP contribution in [0.5, 0.6) is 0 Å². The summed E-state index contributed by atoms with van der Waals surface area (Å²) in [5.41, 5.74) is 16.0. The van der Waals surface area contributed by atoms with Crippen molar-refractivity contribution in [3.63, 3.8) is 0 Å². The minimum Gasteiger partial charge on any atom is -0.398 e. The molecule has 4 heteroatoms. The lowest BCUT2D eigenvalue weighted by Gasteiger charge is -2.12. The maximum absolute atomic E-state index is 6.70. The van der Waals surface area contributed by atoms with Crippen molar-refractivity contribution in [2.45, 2.75) is 6.67 Å². The molecule has 228 valence electrons. The highest BCUT2D eigenvalue weighted by atomic mass is 15.1. The first kappa shape index (κ1) is 27.9. The van der Waals surface area contributed by atoms with Crippen molar-refractivity contribution in [1.82, 2.24) is 9.13 Å². The SMILES string of the molecule is N/C(=C\C(=N/Cn1c2ccc3ccccc3c2c2ccc3c4ccccc4n(-c4ccccc4)c3c21)c1ccccc1)c1ccccc1. The molecule has 2 aromatic heterocycles. The molecule has 0 amide bonds. The highest BCUT2D eigenvalue weighted by molar-refractivity contribution is 6.28. The Morgan fingerprint density at radius 3 is 1.92 bits per heavy atom. The zero-order valence-corrected chi connectivity index (χ0v) is 26.3. The molecular formula is C44H32N4. The summed E-state index contributed by atoms with van der Waals surface area (Å²) in [6, 6.07) is 57.5. The molecule has 0 aliphatic carbocycles. The molecule has 48 heavy (non-hydrogen) atoms. The Balaban J connectivity index is 1.38. The quantitative estimate of drug-likeness (QED) is 0.186. The topological polar surface area (TPSA) is 48.2 Å². The fourth-order valence-electron chi connectivity index (χ4n) is 7.23. The fourth-order valence-corrected chi connectivity index (χ4v) is 7.23. The summed E-state index contributed by atoms with van der Waals surface area (Å²) >= 11 is 0. The Morgan fingerprint density at radius 2 is 1.15 bits per heavy atom. The number of hydrogen-bond donors (Lipinski definition) is 1. The molecule has 0 radical (unpaired) electrons. The third-order valence-corrected chi connectivity index (χ3v) is 9.41. The van der Waals surface area contributed by atoms with Crippen LogP contribution in [-0.4, -0.2) is 14.8 Å². The molecule has 0 aliphatic rings. The molecule has 0 bridgehead atoms. The molecule has 0 spiro atoms. The van der Waals surface area contributed by atoms with Crippen molar-refractivity contribution < 1.29 is 0 Å². The molecular weight excluding hydrogens is 585 g/mol. The number of nitrogens with zero attached hydrogens (tertiary/aromatic N) is 3. The van der Waals surface area contributed by atoms with Crippen LogP contribution >= 0.6 is 0 Å². The smallest absolute Gasteiger partial charge is 0.115 e. The predicted molar refractivity (Wildman–Crippen MR) is 203 cm³/mol. The van der Waals surface area contributed by atoms with Gasteiger partial charge in [0, 0.05) is 32.9 Å². The summed E-state index contributed by atoms with van der Waals surface area (Å²) in [6.07, 6.45) is 2.00. The van der Waals surface area contributed by atoms with Gasteiger partial charge in [-0.1, -0.05) is 140 Å². The molecule has 2 heterocycles. The van der Waals surface area contributed by atoms with Crippen LogP contribution in [0.4, 0.5) is 0 Å². The van der Waals surface area contributed by atoms with Gasteiger partial charge in [0.2, 0.25) is 0 Å². The average molecular weight is 617 g/mol. The van der Waals surface area contributed by atoms with E-state index in [-0.39, 0.29) is 0 Å². The van der Waals surface area contributed by atoms with Crippen molar-refractivity contribution in [3.8, 4) is 5.69 Å². The molecule has 0 saturated carbocycles. The van der Waals surface area contributed by atoms with Gasteiger partial charge in [-0.2, -0.15) is 0 Å². The Bertz CT molecular complexity index is 2680. The van der Waals surface area contributed by atoms with Gasteiger partial charge < -0.3 is 14.9 Å². The molecule has 0 unspecified atom stereocenters. The second-order valence-electron chi connectivity index (χ2n) is 12.2. The molecule has 9 aromatic rings. The van der Waals surface area contributed by atoms with Crippen molar-refractivity contribution >= 4 is 65.8 Å². The molecule has 2 N–H and O–H groups in total. The molecule has 0 fully saturated rings. The number of hydrogen-bond acceptors (Lipinski definition) is 2. The minimum absolute atomic E-state index is 0.413. The van der Waals surface area contributed by atoms with Crippen molar-refractivity contribution in [3.05, 3.63) is 181 Å². The molecule has 0 saturated heterocycles. The number of aromatic nitrogens is 2. The van der Waals surface area contributed by atoms with E-state index in [9.17, 15) is 0 Å². The fraction of sp³-hybridized carbons (Fsp3) is 0.0227. The van der Waals surface area contributed by atoms with E-state index in [1.165, 1.54) is 43.4 Å². The number of allylic oxidation sites excluding steroid dienone is 1. The molecule has 0 atom stereocenters. The zero-order chi connectivity index (χ0) is 32.0. The van der Waals surface area contributed by atoms with Crippen LogP contribution in [0.15, 0.2) is 175 Å². The van der Waals surface area contributed by atoms with Crippen LogP contribution < -0.4 is 5.73 Å². The van der Waals surface area contributed by atoms with Crippen molar-refractivity contribution in [1.29, 1.82) is 0 Å². The summed E-state index contributed by atoms with van der Waals surface area (Å²) in [4.78, 5) is 5.36. The van der Waals surface area contributed by atoms with E-state index < -0.39 is 0 Å². The highest BCUT2D eigenvalue weighted by Gasteiger charge is 2.21. The second kappa shape index (κ2) is 11.4. The van der Waals surface area contributed by atoms with Crippen molar-refractivity contribution in [2.75, 3.05) is 0 Å². The lowest BCUT2D eigenvalue weighted by Crippen LogP contribution is -2.06.